The molecule has 0 saturated carbocycles. The normalized spacial score (nSPS) is 16.9. The fourth-order valence-corrected chi connectivity index (χ4v) is 4.17. The molecule has 174 valence electrons. The maximum Gasteiger partial charge on any atom is 0.416 e. The molecular weight excluding hydrogens is 441 g/mol. The molecule has 2 aromatic rings. The summed E-state index contributed by atoms with van der Waals surface area (Å²) < 4.78 is 38.9. The van der Waals surface area contributed by atoms with Crippen molar-refractivity contribution >= 4 is 28.9 Å². The second-order valence-electron chi connectivity index (χ2n) is 7.94. The molecule has 0 radical (unpaired) electrons. The zero-order valence-corrected chi connectivity index (χ0v) is 17.5. The molecule has 2 amide bonds. The number of benzene rings is 2. The molecule has 0 atom stereocenters. The first kappa shape index (κ1) is 22.6. The first-order valence-corrected chi connectivity index (χ1v) is 10.5. The smallest absolute Gasteiger partial charge is 0.362 e. The number of alkyl halides is 3. The van der Waals surface area contributed by atoms with Crippen molar-refractivity contribution in [2.75, 3.05) is 42.5 Å². The Morgan fingerprint density at radius 1 is 1.00 bits per heavy atom. The quantitative estimate of drug-likeness (QED) is 0.511. The number of nitrogens with zero attached hydrogens (tertiary/aromatic N) is 4. The van der Waals surface area contributed by atoms with Gasteiger partial charge in [-0.25, -0.2) is 0 Å². The Bertz CT molecular complexity index is 1100. The van der Waals surface area contributed by atoms with Crippen LogP contribution in [0, 0.1) is 10.1 Å². The topological polar surface area (TPSA) is 87.0 Å². The monoisotopic (exact) mass is 462 g/mol. The number of hydrogen-bond donors (Lipinski definition) is 0. The van der Waals surface area contributed by atoms with Gasteiger partial charge in [-0.1, -0.05) is 6.07 Å². The molecule has 0 spiro atoms. The molecule has 2 aliphatic heterocycles. The number of rotatable bonds is 4. The van der Waals surface area contributed by atoms with Crippen molar-refractivity contribution in [3.05, 3.63) is 63.7 Å². The first-order chi connectivity index (χ1) is 15.6. The molecule has 2 heterocycles. The van der Waals surface area contributed by atoms with E-state index in [2.05, 4.69) is 0 Å². The molecule has 2 saturated heterocycles. The van der Waals surface area contributed by atoms with Gasteiger partial charge < -0.3 is 14.7 Å². The number of amides is 2. The molecule has 2 aliphatic rings. The van der Waals surface area contributed by atoms with E-state index < -0.39 is 22.4 Å². The lowest BCUT2D eigenvalue weighted by atomic mass is 10.1. The summed E-state index contributed by atoms with van der Waals surface area (Å²) in [4.78, 5) is 40.4. The van der Waals surface area contributed by atoms with Gasteiger partial charge in [-0.05, 0) is 36.8 Å². The summed E-state index contributed by atoms with van der Waals surface area (Å²) in [5, 5.41) is 11.4. The molecule has 0 N–H and O–H groups in total. The van der Waals surface area contributed by atoms with Crippen molar-refractivity contribution in [1.82, 2.24) is 4.90 Å². The second kappa shape index (κ2) is 8.72. The van der Waals surface area contributed by atoms with Gasteiger partial charge in [0.1, 0.15) is 5.69 Å². The highest BCUT2D eigenvalue weighted by Gasteiger charge is 2.34. The van der Waals surface area contributed by atoms with E-state index in [1.807, 2.05) is 0 Å². The van der Waals surface area contributed by atoms with Gasteiger partial charge in [-0.2, -0.15) is 13.2 Å². The Balaban J connectivity index is 1.47. The van der Waals surface area contributed by atoms with Gasteiger partial charge in [0.15, 0.2) is 0 Å². The Kier molecular flexibility index (Phi) is 5.96. The van der Waals surface area contributed by atoms with Crippen LogP contribution in [-0.2, 0) is 11.0 Å². The highest BCUT2D eigenvalue weighted by molar-refractivity contribution is 5.99. The Hall–Kier alpha value is -3.63. The van der Waals surface area contributed by atoms with Gasteiger partial charge in [0.2, 0.25) is 5.91 Å². The largest absolute Gasteiger partial charge is 0.416 e. The summed E-state index contributed by atoms with van der Waals surface area (Å²) in [5.74, 6) is -0.212. The van der Waals surface area contributed by atoms with Gasteiger partial charge in [-0.15, -0.1) is 0 Å². The van der Waals surface area contributed by atoms with Crippen molar-refractivity contribution in [3.8, 4) is 0 Å². The molecule has 11 heteroatoms. The average Bonchev–Trinajstić information content (AvgIpc) is 3.23. The van der Waals surface area contributed by atoms with E-state index in [1.54, 1.807) is 39.0 Å². The summed E-state index contributed by atoms with van der Waals surface area (Å²) in [6.45, 7) is 1.60. The minimum Gasteiger partial charge on any atom is -0.362 e. The third-order valence-corrected chi connectivity index (χ3v) is 5.89. The molecule has 0 bridgehead atoms. The molecule has 4 rings (SSSR count). The van der Waals surface area contributed by atoms with Gasteiger partial charge in [-0.3, -0.25) is 19.7 Å². The minimum absolute atomic E-state index is 0.0198. The second-order valence-corrected chi connectivity index (χ2v) is 7.94. The number of nitro benzene ring substituents is 1. The number of anilines is 2. The number of halogens is 3. The lowest BCUT2D eigenvalue weighted by Gasteiger charge is -2.36. The van der Waals surface area contributed by atoms with Gasteiger partial charge in [0.05, 0.1) is 10.5 Å². The van der Waals surface area contributed by atoms with Crippen LogP contribution in [0.5, 0.6) is 0 Å². The number of carbonyl (C=O) groups is 2. The number of hydrogen-bond acceptors (Lipinski definition) is 5. The molecule has 33 heavy (non-hydrogen) atoms. The van der Waals surface area contributed by atoms with Crippen LogP contribution in [0.4, 0.5) is 30.2 Å². The number of piperazine rings is 1. The van der Waals surface area contributed by atoms with Crippen LogP contribution >= 0.6 is 0 Å². The van der Waals surface area contributed by atoms with Gasteiger partial charge in [0.25, 0.3) is 11.6 Å². The first-order valence-electron chi connectivity index (χ1n) is 10.5. The molecule has 0 unspecified atom stereocenters. The van der Waals surface area contributed by atoms with Crippen LogP contribution < -0.4 is 9.80 Å². The zero-order chi connectivity index (χ0) is 23.8. The molecule has 0 aromatic heterocycles. The number of carbonyl (C=O) groups excluding carboxylic acids is 2. The van der Waals surface area contributed by atoms with Crippen LogP contribution in [0.3, 0.4) is 0 Å². The van der Waals surface area contributed by atoms with Gasteiger partial charge >= 0.3 is 6.18 Å². The Morgan fingerprint density at radius 3 is 2.33 bits per heavy atom. The lowest BCUT2D eigenvalue weighted by Crippen LogP contribution is -2.49. The predicted molar refractivity (Wildman–Crippen MR) is 114 cm³/mol. The van der Waals surface area contributed by atoms with Crippen LogP contribution in [0.15, 0.2) is 42.5 Å². The van der Waals surface area contributed by atoms with Crippen molar-refractivity contribution in [2.45, 2.75) is 19.0 Å². The van der Waals surface area contributed by atoms with Crippen molar-refractivity contribution < 1.29 is 27.7 Å². The van der Waals surface area contributed by atoms with E-state index in [0.29, 0.717) is 30.3 Å². The van der Waals surface area contributed by atoms with Crippen molar-refractivity contribution in [3.63, 3.8) is 0 Å². The number of nitro groups is 1. The SMILES string of the molecule is O=C(c1cccc(N2CCCC2=O)c1)N1CCN(c2ccc(C(F)(F)F)cc2[N+](=O)[O-])CC1. The molecule has 0 aliphatic carbocycles. The van der Waals surface area contributed by atoms with E-state index in [9.17, 15) is 32.9 Å². The Morgan fingerprint density at radius 2 is 1.73 bits per heavy atom. The maximum absolute atomic E-state index is 13.0. The van der Waals surface area contributed by atoms with E-state index in [4.69, 9.17) is 0 Å². The van der Waals surface area contributed by atoms with Crippen LogP contribution in [0.2, 0.25) is 0 Å². The van der Waals surface area contributed by atoms with Crippen molar-refractivity contribution in [1.29, 1.82) is 0 Å². The summed E-state index contributed by atoms with van der Waals surface area (Å²) >= 11 is 0. The van der Waals surface area contributed by atoms with Crippen LogP contribution in [0.1, 0.15) is 28.8 Å². The Labute approximate surface area is 187 Å². The third kappa shape index (κ3) is 4.62. The molecule has 8 nitrogen and oxygen atoms in total. The fraction of sp³-hybridized carbons (Fsp3) is 0.364. The molecule has 2 fully saturated rings. The summed E-state index contributed by atoms with van der Waals surface area (Å²) in [6.07, 6.45) is -3.42. The van der Waals surface area contributed by atoms with Crippen molar-refractivity contribution in [2.24, 2.45) is 0 Å². The summed E-state index contributed by atoms with van der Waals surface area (Å²) in [7, 11) is 0. The summed E-state index contributed by atoms with van der Waals surface area (Å²) in [6, 6.07) is 9.31. The fourth-order valence-electron chi connectivity index (χ4n) is 4.17. The van der Waals surface area contributed by atoms with Gasteiger partial charge in [0, 0.05) is 56.5 Å². The van der Waals surface area contributed by atoms with E-state index in [0.717, 1.165) is 18.6 Å². The zero-order valence-electron chi connectivity index (χ0n) is 17.5. The molecule has 2 aromatic carbocycles. The van der Waals surface area contributed by atoms with E-state index >= 15 is 0 Å². The van der Waals surface area contributed by atoms with Crippen LogP contribution in [-0.4, -0.2) is 54.4 Å². The predicted octanol–water partition coefficient (Wildman–Crippen LogP) is 3.70. The lowest BCUT2D eigenvalue weighted by molar-refractivity contribution is -0.384. The third-order valence-electron chi connectivity index (χ3n) is 5.89. The van der Waals surface area contributed by atoms with E-state index in [1.165, 1.54) is 0 Å². The van der Waals surface area contributed by atoms with Crippen LogP contribution in [0.25, 0.3) is 0 Å². The standard InChI is InChI=1S/C22H21F3N4O4/c23-22(24,25)16-6-7-18(19(14-16)29(32)33)26-9-11-27(12-10-26)21(31)15-3-1-4-17(13-15)28-8-2-5-20(28)30/h1,3-4,6-7,13-14H,2,5,8-12H2. The summed E-state index contributed by atoms with van der Waals surface area (Å²) in [5.41, 5.74) is -0.506. The maximum atomic E-state index is 13.0. The molecular formula is C22H21F3N4O4. The van der Waals surface area contributed by atoms with E-state index in [-0.39, 0.29) is 43.7 Å². The highest BCUT2D eigenvalue weighted by atomic mass is 19.4. The minimum atomic E-state index is -4.68. The highest BCUT2D eigenvalue weighted by Crippen LogP contribution is 2.37. The average molecular weight is 462 g/mol.